The fraction of sp³-hybridized carbons (Fsp3) is 0.500. The minimum atomic E-state index is -0.695. The Morgan fingerprint density at radius 1 is 1.64 bits per heavy atom. The number of piperidine rings is 1. The van der Waals surface area contributed by atoms with E-state index in [1.807, 2.05) is 4.31 Å². The standard InChI is InChI=1S/C10H15FN2S/c1-3-10(7-12-2)14-13-6-4-5-9(11)8-13/h3,7,9H,1-2,4-6,8H2/b10-7+. The van der Waals surface area contributed by atoms with Crippen molar-refractivity contribution in [3.05, 3.63) is 23.8 Å². The topological polar surface area (TPSA) is 15.6 Å². The maximum Gasteiger partial charge on any atom is 0.114 e. The Morgan fingerprint density at radius 3 is 3.00 bits per heavy atom. The van der Waals surface area contributed by atoms with E-state index in [2.05, 4.69) is 18.3 Å². The molecule has 0 aliphatic carbocycles. The highest BCUT2D eigenvalue weighted by atomic mass is 32.2. The van der Waals surface area contributed by atoms with E-state index < -0.39 is 6.17 Å². The first-order valence-corrected chi connectivity index (χ1v) is 5.39. The zero-order valence-electron chi connectivity index (χ0n) is 8.16. The minimum absolute atomic E-state index is 0.493. The molecule has 0 aromatic rings. The van der Waals surface area contributed by atoms with Gasteiger partial charge in [0, 0.05) is 24.2 Å². The zero-order valence-corrected chi connectivity index (χ0v) is 8.97. The third-order valence-electron chi connectivity index (χ3n) is 1.98. The van der Waals surface area contributed by atoms with Gasteiger partial charge in [-0.15, -0.1) is 0 Å². The van der Waals surface area contributed by atoms with Gasteiger partial charge in [-0.3, -0.25) is 4.99 Å². The molecule has 0 aromatic carbocycles. The van der Waals surface area contributed by atoms with Crippen molar-refractivity contribution in [1.82, 2.24) is 4.31 Å². The van der Waals surface area contributed by atoms with E-state index >= 15 is 0 Å². The van der Waals surface area contributed by atoms with Crippen LogP contribution in [0, 0.1) is 0 Å². The molecule has 1 saturated heterocycles. The second-order valence-corrected chi connectivity index (χ2v) is 4.31. The Bertz CT molecular complexity index is 240. The largest absolute Gasteiger partial charge is 0.271 e. The summed E-state index contributed by atoms with van der Waals surface area (Å²) in [4.78, 5) is 4.58. The summed E-state index contributed by atoms with van der Waals surface area (Å²) in [5.74, 6) is 0. The van der Waals surface area contributed by atoms with Gasteiger partial charge >= 0.3 is 0 Å². The van der Waals surface area contributed by atoms with E-state index in [1.54, 1.807) is 12.3 Å². The van der Waals surface area contributed by atoms with E-state index in [-0.39, 0.29) is 0 Å². The van der Waals surface area contributed by atoms with Crippen LogP contribution in [-0.4, -0.2) is 30.3 Å². The molecule has 4 heteroatoms. The average Bonchev–Trinajstić information content (AvgIpc) is 2.17. The highest BCUT2D eigenvalue weighted by molar-refractivity contribution is 8.01. The molecule has 1 heterocycles. The number of rotatable bonds is 4. The van der Waals surface area contributed by atoms with Gasteiger partial charge in [-0.2, -0.15) is 0 Å². The van der Waals surface area contributed by atoms with E-state index in [0.717, 1.165) is 17.9 Å². The van der Waals surface area contributed by atoms with Crippen LogP contribution in [0.4, 0.5) is 4.39 Å². The van der Waals surface area contributed by atoms with Crippen LogP contribution in [0.5, 0.6) is 0 Å². The van der Waals surface area contributed by atoms with Crippen LogP contribution in [0.2, 0.25) is 0 Å². The molecule has 1 atom stereocenters. The maximum atomic E-state index is 13.0. The Morgan fingerprint density at radius 2 is 2.43 bits per heavy atom. The number of halogens is 1. The maximum absolute atomic E-state index is 13.0. The van der Waals surface area contributed by atoms with Crippen molar-refractivity contribution in [2.45, 2.75) is 19.0 Å². The van der Waals surface area contributed by atoms with Crippen LogP contribution in [0.1, 0.15) is 12.8 Å². The van der Waals surface area contributed by atoms with E-state index in [4.69, 9.17) is 0 Å². The first-order chi connectivity index (χ1) is 6.76. The zero-order chi connectivity index (χ0) is 10.4. The minimum Gasteiger partial charge on any atom is -0.271 e. The van der Waals surface area contributed by atoms with E-state index in [9.17, 15) is 4.39 Å². The number of alkyl halides is 1. The predicted molar refractivity (Wildman–Crippen MR) is 61.1 cm³/mol. The predicted octanol–water partition coefficient (Wildman–Crippen LogP) is 2.80. The quantitative estimate of drug-likeness (QED) is 0.406. The third kappa shape index (κ3) is 3.64. The molecule has 1 aliphatic heterocycles. The Labute approximate surface area is 88.7 Å². The molecular formula is C10H15FN2S. The van der Waals surface area contributed by atoms with Gasteiger partial charge in [0.25, 0.3) is 0 Å². The van der Waals surface area contributed by atoms with Gasteiger partial charge in [0.2, 0.25) is 0 Å². The normalized spacial score (nSPS) is 24.6. The molecule has 0 N–H and O–H groups in total. The second kappa shape index (κ2) is 5.98. The van der Waals surface area contributed by atoms with Gasteiger partial charge in [-0.05, 0) is 31.5 Å². The number of hydrogen-bond acceptors (Lipinski definition) is 3. The summed E-state index contributed by atoms with van der Waals surface area (Å²) in [6.07, 6.45) is 4.25. The molecule has 0 radical (unpaired) electrons. The van der Waals surface area contributed by atoms with Crippen LogP contribution in [0.25, 0.3) is 0 Å². The average molecular weight is 214 g/mol. The second-order valence-electron chi connectivity index (χ2n) is 3.14. The van der Waals surface area contributed by atoms with Gasteiger partial charge in [-0.1, -0.05) is 12.7 Å². The van der Waals surface area contributed by atoms with Crippen LogP contribution in [0.15, 0.2) is 28.8 Å². The summed E-state index contributed by atoms with van der Waals surface area (Å²) in [5, 5.41) is 0. The molecule has 1 rings (SSSR count). The number of nitrogens with zero attached hydrogens (tertiary/aromatic N) is 2. The fourth-order valence-electron chi connectivity index (χ4n) is 1.33. The van der Waals surface area contributed by atoms with Crippen LogP contribution < -0.4 is 0 Å². The number of allylic oxidation sites excluding steroid dienone is 1. The lowest BCUT2D eigenvalue weighted by molar-refractivity contribution is 0.213. The van der Waals surface area contributed by atoms with Crippen molar-refractivity contribution in [2.75, 3.05) is 13.1 Å². The summed E-state index contributed by atoms with van der Waals surface area (Å²) in [7, 11) is 0. The van der Waals surface area contributed by atoms with Gasteiger partial charge in [-0.25, -0.2) is 8.70 Å². The Balaban J connectivity index is 2.45. The van der Waals surface area contributed by atoms with Gasteiger partial charge in [0.05, 0.1) is 0 Å². The van der Waals surface area contributed by atoms with Crippen LogP contribution in [-0.2, 0) is 0 Å². The first-order valence-electron chi connectivity index (χ1n) is 4.61. The number of aliphatic imine (C=N–C) groups is 1. The fourth-order valence-corrected chi connectivity index (χ4v) is 2.28. The van der Waals surface area contributed by atoms with Crippen molar-refractivity contribution < 1.29 is 4.39 Å². The van der Waals surface area contributed by atoms with Crippen molar-refractivity contribution in [1.29, 1.82) is 0 Å². The Kier molecular flexibility index (Phi) is 4.90. The molecule has 0 spiro atoms. The molecular weight excluding hydrogens is 199 g/mol. The summed E-state index contributed by atoms with van der Waals surface area (Å²) in [6.45, 7) is 8.46. The van der Waals surface area contributed by atoms with Gasteiger partial charge in [0.1, 0.15) is 6.17 Å². The number of hydrogen-bond donors (Lipinski definition) is 0. The van der Waals surface area contributed by atoms with Crippen molar-refractivity contribution in [3.8, 4) is 0 Å². The molecule has 1 unspecified atom stereocenters. The summed E-state index contributed by atoms with van der Waals surface area (Å²) >= 11 is 1.50. The SMILES string of the molecule is C=C/C(=C\N=C)SN1CCCC(F)C1. The molecule has 0 aromatic heterocycles. The molecule has 0 amide bonds. The smallest absolute Gasteiger partial charge is 0.114 e. The summed E-state index contributed by atoms with van der Waals surface area (Å²) < 4.78 is 15.0. The third-order valence-corrected chi connectivity index (χ3v) is 3.05. The lowest BCUT2D eigenvalue weighted by Gasteiger charge is -2.27. The van der Waals surface area contributed by atoms with Gasteiger partial charge < -0.3 is 0 Å². The van der Waals surface area contributed by atoms with Crippen LogP contribution >= 0.6 is 11.9 Å². The van der Waals surface area contributed by atoms with E-state index in [1.165, 1.54) is 11.9 Å². The van der Waals surface area contributed by atoms with Crippen molar-refractivity contribution in [3.63, 3.8) is 0 Å². The molecule has 0 bridgehead atoms. The lowest BCUT2D eigenvalue weighted by atomic mass is 10.1. The summed E-state index contributed by atoms with van der Waals surface area (Å²) in [5.41, 5.74) is 0. The molecule has 78 valence electrons. The molecule has 14 heavy (non-hydrogen) atoms. The highest BCUT2D eigenvalue weighted by Crippen LogP contribution is 2.26. The van der Waals surface area contributed by atoms with Crippen LogP contribution in [0.3, 0.4) is 0 Å². The molecule has 0 saturated carbocycles. The first kappa shape index (κ1) is 11.5. The lowest BCUT2D eigenvalue weighted by Crippen LogP contribution is -2.31. The Hall–Kier alpha value is -0.610. The molecule has 1 aliphatic rings. The van der Waals surface area contributed by atoms with Gasteiger partial charge in [0.15, 0.2) is 0 Å². The molecule has 2 nitrogen and oxygen atoms in total. The molecule has 1 fully saturated rings. The van der Waals surface area contributed by atoms with Crippen molar-refractivity contribution in [2.24, 2.45) is 4.99 Å². The highest BCUT2D eigenvalue weighted by Gasteiger charge is 2.19. The monoisotopic (exact) mass is 214 g/mol. The van der Waals surface area contributed by atoms with Crippen molar-refractivity contribution >= 4 is 18.7 Å². The summed E-state index contributed by atoms with van der Waals surface area (Å²) in [6, 6.07) is 0. The van der Waals surface area contributed by atoms with E-state index in [0.29, 0.717) is 13.0 Å².